The highest BCUT2D eigenvalue weighted by atomic mass is 16.5. The second-order valence-corrected chi connectivity index (χ2v) is 2.72. The Morgan fingerprint density at radius 1 is 1.62 bits per heavy atom. The molecule has 0 aromatic carbocycles. The van der Waals surface area contributed by atoms with E-state index in [0.717, 1.165) is 5.56 Å². The quantitative estimate of drug-likeness (QED) is 0.747. The van der Waals surface area contributed by atoms with Crippen molar-refractivity contribution < 1.29 is 9.53 Å². The van der Waals surface area contributed by atoms with Crippen LogP contribution in [0.4, 0.5) is 5.69 Å². The summed E-state index contributed by atoms with van der Waals surface area (Å²) in [5, 5.41) is 2.67. The Kier molecular flexibility index (Phi) is 2.84. The number of hydrogen-bond acceptors (Lipinski definition) is 3. The summed E-state index contributed by atoms with van der Waals surface area (Å²) in [6.07, 6.45) is 1.58. The van der Waals surface area contributed by atoms with Crippen molar-refractivity contribution >= 4 is 11.6 Å². The number of anilines is 1. The van der Waals surface area contributed by atoms with Crippen LogP contribution in [-0.4, -0.2) is 18.0 Å². The molecule has 0 aliphatic heterocycles. The molecule has 70 valence electrons. The number of carbonyl (C=O) groups is 1. The Balaban J connectivity index is 2.91. The molecule has 1 N–H and O–H groups in total. The summed E-state index contributed by atoms with van der Waals surface area (Å²) < 4.78 is 4.93. The predicted octanol–water partition coefficient (Wildman–Crippen LogP) is 1.36. The van der Waals surface area contributed by atoms with Crippen LogP contribution in [0.25, 0.3) is 0 Å². The highest BCUT2D eigenvalue weighted by molar-refractivity contribution is 5.89. The lowest BCUT2D eigenvalue weighted by Gasteiger charge is -2.06. The fraction of sp³-hybridized carbons (Fsp3) is 0.333. The summed E-state index contributed by atoms with van der Waals surface area (Å²) in [6, 6.07) is 1.77. The van der Waals surface area contributed by atoms with E-state index >= 15 is 0 Å². The van der Waals surface area contributed by atoms with Gasteiger partial charge in [0.2, 0.25) is 11.8 Å². The van der Waals surface area contributed by atoms with Crippen LogP contribution < -0.4 is 10.1 Å². The second kappa shape index (κ2) is 3.89. The van der Waals surface area contributed by atoms with Crippen molar-refractivity contribution in [2.45, 2.75) is 13.8 Å². The Morgan fingerprint density at radius 2 is 2.31 bits per heavy atom. The smallest absolute Gasteiger partial charge is 0.221 e. The summed E-state index contributed by atoms with van der Waals surface area (Å²) in [5.74, 6) is 0.446. The fourth-order valence-electron chi connectivity index (χ4n) is 0.962. The zero-order valence-corrected chi connectivity index (χ0v) is 7.92. The molecular weight excluding hydrogens is 168 g/mol. The van der Waals surface area contributed by atoms with Crippen molar-refractivity contribution in [3.63, 3.8) is 0 Å². The third-order valence-electron chi connectivity index (χ3n) is 1.61. The molecule has 1 amide bonds. The summed E-state index contributed by atoms with van der Waals surface area (Å²) >= 11 is 0. The van der Waals surface area contributed by atoms with E-state index in [0.29, 0.717) is 11.6 Å². The first-order valence-electron chi connectivity index (χ1n) is 3.91. The number of aryl methyl sites for hydroxylation is 1. The van der Waals surface area contributed by atoms with Gasteiger partial charge in [0.05, 0.1) is 19.0 Å². The maximum atomic E-state index is 10.7. The number of nitrogens with one attached hydrogen (secondary N) is 1. The van der Waals surface area contributed by atoms with Crippen molar-refractivity contribution in [3.05, 3.63) is 17.8 Å². The first kappa shape index (κ1) is 9.51. The highest BCUT2D eigenvalue weighted by Crippen LogP contribution is 2.17. The molecule has 4 nitrogen and oxygen atoms in total. The average molecular weight is 180 g/mol. The molecule has 0 aliphatic carbocycles. The molecule has 0 bridgehead atoms. The second-order valence-electron chi connectivity index (χ2n) is 2.72. The van der Waals surface area contributed by atoms with Gasteiger partial charge in [0.15, 0.2) is 0 Å². The maximum Gasteiger partial charge on any atom is 0.221 e. The molecule has 1 rings (SSSR count). The van der Waals surface area contributed by atoms with E-state index in [1.807, 2.05) is 6.92 Å². The molecule has 0 unspecified atom stereocenters. The lowest BCUT2D eigenvalue weighted by molar-refractivity contribution is -0.114. The minimum atomic E-state index is -0.102. The van der Waals surface area contributed by atoms with Crippen LogP contribution in [0.5, 0.6) is 5.88 Å². The van der Waals surface area contributed by atoms with Crippen LogP contribution in [0.3, 0.4) is 0 Å². The van der Waals surface area contributed by atoms with E-state index in [-0.39, 0.29) is 5.91 Å². The summed E-state index contributed by atoms with van der Waals surface area (Å²) in [6.45, 7) is 3.35. The molecule has 0 aliphatic rings. The normalized spacial score (nSPS) is 9.46. The molecule has 0 atom stereocenters. The standard InChI is InChI=1S/C9H12N2O2/c1-6-4-9(13-3)10-5-8(6)11-7(2)12/h4-5H,1-3H3,(H,11,12). The molecule has 0 saturated carbocycles. The minimum absolute atomic E-state index is 0.102. The number of ether oxygens (including phenoxy) is 1. The molecule has 0 fully saturated rings. The Hall–Kier alpha value is -1.58. The minimum Gasteiger partial charge on any atom is -0.481 e. The van der Waals surface area contributed by atoms with Crippen molar-refractivity contribution in [3.8, 4) is 5.88 Å². The van der Waals surface area contributed by atoms with Gasteiger partial charge in [0.25, 0.3) is 0 Å². The number of carbonyl (C=O) groups excluding carboxylic acids is 1. The summed E-state index contributed by atoms with van der Waals surface area (Å²) in [5.41, 5.74) is 1.65. The van der Waals surface area contributed by atoms with Crippen molar-refractivity contribution in [1.82, 2.24) is 4.98 Å². The number of methoxy groups -OCH3 is 1. The molecule has 0 saturated heterocycles. The number of amides is 1. The van der Waals surface area contributed by atoms with E-state index in [2.05, 4.69) is 10.3 Å². The molecule has 0 spiro atoms. The number of rotatable bonds is 2. The van der Waals surface area contributed by atoms with Gasteiger partial charge in [-0.1, -0.05) is 0 Å². The average Bonchev–Trinajstić information content (AvgIpc) is 2.08. The number of hydrogen-bond donors (Lipinski definition) is 1. The van der Waals surface area contributed by atoms with Gasteiger partial charge in [-0.3, -0.25) is 4.79 Å². The number of aromatic nitrogens is 1. The first-order valence-corrected chi connectivity index (χ1v) is 3.91. The highest BCUT2D eigenvalue weighted by Gasteiger charge is 2.02. The Labute approximate surface area is 76.9 Å². The lowest BCUT2D eigenvalue weighted by Crippen LogP contribution is -2.07. The van der Waals surface area contributed by atoms with E-state index in [1.165, 1.54) is 6.92 Å². The zero-order chi connectivity index (χ0) is 9.84. The molecule has 1 heterocycles. The maximum absolute atomic E-state index is 10.7. The van der Waals surface area contributed by atoms with Gasteiger partial charge in [0, 0.05) is 13.0 Å². The van der Waals surface area contributed by atoms with Gasteiger partial charge in [-0.15, -0.1) is 0 Å². The van der Waals surface area contributed by atoms with Gasteiger partial charge in [-0.25, -0.2) is 4.98 Å². The van der Waals surface area contributed by atoms with Crippen LogP contribution in [-0.2, 0) is 4.79 Å². The Morgan fingerprint density at radius 3 is 2.77 bits per heavy atom. The molecule has 1 aromatic rings. The van der Waals surface area contributed by atoms with E-state index in [1.54, 1.807) is 19.4 Å². The zero-order valence-electron chi connectivity index (χ0n) is 7.92. The lowest BCUT2D eigenvalue weighted by atomic mass is 10.2. The van der Waals surface area contributed by atoms with E-state index in [4.69, 9.17) is 4.74 Å². The van der Waals surface area contributed by atoms with Gasteiger partial charge in [-0.2, -0.15) is 0 Å². The molecule has 0 radical (unpaired) electrons. The summed E-state index contributed by atoms with van der Waals surface area (Å²) in [7, 11) is 1.56. The van der Waals surface area contributed by atoms with E-state index in [9.17, 15) is 4.79 Å². The monoisotopic (exact) mass is 180 g/mol. The van der Waals surface area contributed by atoms with Crippen LogP contribution in [0, 0.1) is 6.92 Å². The molecule has 13 heavy (non-hydrogen) atoms. The van der Waals surface area contributed by atoms with Crippen molar-refractivity contribution in [1.29, 1.82) is 0 Å². The molecular formula is C9H12N2O2. The largest absolute Gasteiger partial charge is 0.481 e. The van der Waals surface area contributed by atoms with E-state index < -0.39 is 0 Å². The van der Waals surface area contributed by atoms with Crippen molar-refractivity contribution in [2.75, 3.05) is 12.4 Å². The number of nitrogens with zero attached hydrogens (tertiary/aromatic N) is 1. The third-order valence-corrected chi connectivity index (χ3v) is 1.61. The first-order chi connectivity index (χ1) is 6.13. The predicted molar refractivity (Wildman–Crippen MR) is 49.8 cm³/mol. The van der Waals surface area contributed by atoms with Crippen LogP contribution in [0.1, 0.15) is 12.5 Å². The Bertz CT molecular complexity index is 323. The third kappa shape index (κ3) is 2.43. The van der Waals surface area contributed by atoms with Crippen molar-refractivity contribution in [2.24, 2.45) is 0 Å². The summed E-state index contributed by atoms with van der Waals surface area (Å²) in [4.78, 5) is 14.7. The number of pyridine rings is 1. The fourth-order valence-corrected chi connectivity index (χ4v) is 0.962. The van der Waals surface area contributed by atoms with Crippen LogP contribution >= 0.6 is 0 Å². The van der Waals surface area contributed by atoms with Gasteiger partial charge >= 0.3 is 0 Å². The topological polar surface area (TPSA) is 51.2 Å². The SMILES string of the molecule is COc1cc(C)c(NC(C)=O)cn1. The van der Waals surface area contributed by atoms with Crippen LogP contribution in [0.2, 0.25) is 0 Å². The molecule has 4 heteroatoms. The van der Waals surface area contributed by atoms with Gasteiger partial charge < -0.3 is 10.1 Å². The van der Waals surface area contributed by atoms with Gasteiger partial charge in [-0.05, 0) is 12.5 Å². The molecule has 1 aromatic heterocycles. The van der Waals surface area contributed by atoms with Gasteiger partial charge in [0.1, 0.15) is 0 Å². The van der Waals surface area contributed by atoms with Crippen LogP contribution in [0.15, 0.2) is 12.3 Å².